The third-order valence-corrected chi connectivity index (χ3v) is 23.1. The lowest BCUT2D eigenvalue weighted by atomic mass is 9.20. The predicted octanol–water partition coefficient (Wildman–Crippen LogP) is 1.83. The molecule has 5 fully saturated rings. The lowest BCUT2D eigenvalue weighted by Crippen LogP contribution is -3.00. The highest BCUT2D eigenvalue weighted by molar-refractivity contribution is 8.76. The molecule has 1 spiro atoms. The van der Waals surface area contributed by atoms with E-state index in [0.717, 1.165) is 10.8 Å². The zero-order chi connectivity index (χ0) is 74.1. The predicted molar refractivity (Wildman–Crippen MR) is 370 cm³/mol. The second-order valence-electron chi connectivity index (χ2n) is 26.6. The van der Waals surface area contributed by atoms with E-state index >= 15 is 9.59 Å². The van der Waals surface area contributed by atoms with Gasteiger partial charge in [-0.2, -0.15) is 0 Å². The Morgan fingerprint density at radius 2 is 1.43 bits per heavy atom. The average molecular weight is 1460 g/mol. The summed E-state index contributed by atoms with van der Waals surface area (Å²) in [5, 5.41) is 36.3. The Bertz CT molecular complexity index is 3710. The van der Waals surface area contributed by atoms with Gasteiger partial charge in [0.15, 0.2) is 17.3 Å². The van der Waals surface area contributed by atoms with Crippen molar-refractivity contribution in [1.82, 2.24) is 31.5 Å². The third kappa shape index (κ3) is 14.9. The van der Waals surface area contributed by atoms with Crippen LogP contribution in [0.2, 0.25) is 0 Å². The number of unbranched alkanes of at least 4 members (excludes halogenated alkanes) is 1. The van der Waals surface area contributed by atoms with E-state index in [0.29, 0.717) is 24.0 Å². The van der Waals surface area contributed by atoms with E-state index in [1.165, 1.54) is 49.0 Å². The fraction of sp³-hybridized carbons (Fsp3) is 0.543. The number of hydrogen-bond acceptors (Lipinski definition) is 23. The molecule has 4 aliphatic carbocycles. The molecule has 2 aliphatic heterocycles. The van der Waals surface area contributed by atoms with Crippen molar-refractivity contribution in [1.29, 1.82) is 0 Å². The molecule has 0 aromatic heterocycles. The molecular weight excluding hydrogens is 1360 g/mol. The highest BCUT2D eigenvalue weighted by Gasteiger charge is 2.99. The molecule has 6 amide bonds. The molecular formula is C70H90N10O20S2. The summed E-state index contributed by atoms with van der Waals surface area (Å²) in [7, 11) is 5.02. The lowest BCUT2D eigenvalue weighted by molar-refractivity contribution is -0.473. The van der Waals surface area contributed by atoms with Gasteiger partial charge in [-0.1, -0.05) is 121 Å². The second kappa shape index (κ2) is 32.8. The Morgan fingerprint density at radius 3 is 2.05 bits per heavy atom. The highest BCUT2D eigenvalue weighted by atomic mass is 33.1. The van der Waals surface area contributed by atoms with Crippen molar-refractivity contribution >= 4 is 92.8 Å². The number of carboxylic acids is 1. The lowest BCUT2D eigenvalue weighted by Gasteiger charge is -2.86. The number of nitrogens with one attached hydrogen (secondary N) is 5. The molecule has 3 aromatic rings. The summed E-state index contributed by atoms with van der Waals surface area (Å²) in [6.07, 6.45) is -9.66. The molecule has 2 saturated heterocycles. The number of Topliss-reactive ketones (excluding diaryl/α,β-unsaturated/α-hetero) is 1. The van der Waals surface area contributed by atoms with Gasteiger partial charge in [0.25, 0.3) is 0 Å². The van der Waals surface area contributed by atoms with Gasteiger partial charge in [-0.3, -0.25) is 43.3 Å². The van der Waals surface area contributed by atoms with Gasteiger partial charge in [-0.25, -0.2) is 14.4 Å². The van der Waals surface area contributed by atoms with Crippen LogP contribution in [0.15, 0.2) is 107 Å². The molecule has 16 atom stereocenters. The number of rotatable bonds is 27. The molecule has 9 rings (SSSR count). The van der Waals surface area contributed by atoms with Gasteiger partial charge in [0.2, 0.25) is 35.6 Å². The zero-order valence-electron chi connectivity index (χ0n) is 57.8. The number of carboxylic acid groups (broad SMARTS) is 1. The van der Waals surface area contributed by atoms with Crippen LogP contribution in [-0.4, -0.2) is 217 Å². The van der Waals surface area contributed by atoms with Gasteiger partial charge in [-0.15, -0.1) is 0 Å². The van der Waals surface area contributed by atoms with E-state index < -0.39 is 179 Å². The summed E-state index contributed by atoms with van der Waals surface area (Å²) in [5.41, 5.74) is 10.2. The van der Waals surface area contributed by atoms with Gasteiger partial charge < -0.3 is 92.1 Å². The average Bonchev–Trinajstić information content (AvgIpc) is 0.600. The van der Waals surface area contributed by atoms with Crippen LogP contribution in [0.4, 0.5) is 4.79 Å². The first-order chi connectivity index (χ1) is 48.6. The number of aliphatic carboxylic acids is 1. The molecule has 102 heavy (non-hydrogen) atoms. The summed E-state index contributed by atoms with van der Waals surface area (Å²) in [6, 6.07) is 17.5. The minimum absolute atomic E-state index is 0.0319. The molecule has 30 nitrogen and oxygen atoms in total. The summed E-state index contributed by atoms with van der Waals surface area (Å²) in [5.74, 6) is -9.58. The molecule has 3 aromatic carbocycles. The summed E-state index contributed by atoms with van der Waals surface area (Å²) in [4.78, 5) is 161. The number of esters is 3. The Balaban J connectivity index is 0.988. The van der Waals surface area contributed by atoms with Gasteiger partial charge in [0.1, 0.15) is 54.2 Å². The number of ether oxygens (including phenoxy) is 7. The maximum Gasteiger partial charge on any atom is 0.410 e. The zero-order valence-corrected chi connectivity index (χ0v) is 59.4. The monoisotopic (exact) mass is 1450 g/mol. The maximum absolute atomic E-state index is 15.9. The second-order valence-corrected chi connectivity index (χ2v) is 29.2. The van der Waals surface area contributed by atoms with Crippen LogP contribution in [0.3, 0.4) is 0 Å². The van der Waals surface area contributed by atoms with E-state index in [-0.39, 0.29) is 86.1 Å². The van der Waals surface area contributed by atoms with Crippen LogP contribution in [0.1, 0.15) is 107 Å². The number of carbonyl (C=O) groups excluding carboxylic acids is 10. The topological polar surface area (TPSA) is 447 Å². The Morgan fingerprint density at radius 1 is 0.794 bits per heavy atom. The van der Waals surface area contributed by atoms with Crippen molar-refractivity contribution in [2.45, 2.75) is 164 Å². The van der Waals surface area contributed by atoms with Crippen LogP contribution >= 0.6 is 21.6 Å². The molecule has 32 heteroatoms. The number of hydrogen-bond donors (Lipinski definition) is 10. The number of ketones is 1. The number of nitrogens with zero attached hydrogens (tertiary/aromatic N) is 2. The first kappa shape index (κ1) is 77.5. The fourth-order valence-corrected chi connectivity index (χ4v) is 18.1. The number of carbonyl (C=O) groups is 11. The van der Waals surface area contributed by atoms with Crippen LogP contribution in [-0.2, 0) is 82.7 Å². The molecule has 0 radical (unpaired) electrons. The molecule has 13 N–H and O–H groups in total. The summed E-state index contributed by atoms with van der Waals surface area (Å²) < 4.78 is 44.2. The molecule has 6 aliphatic rings. The number of amides is 6. The van der Waals surface area contributed by atoms with Crippen molar-refractivity contribution < 1.29 is 96.1 Å². The Kier molecular flexibility index (Phi) is 24.9. The van der Waals surface area contributed by atoms with E-state index in [4.69, 9.17) is 50.4 Å². The molecule has 3 saturated carbocycles. The molecule has 552 valence electrons. The van der Waals surface area contributed by atoms with Crippen molar-refractivity contribution in [2.75, 3.05) is 58.5 Å². The molecule has 2 heterocycles. The van der Waals surface area contributed by atoms with Crippen LogP contribution < -0.4 is 43.8 Å². The van der Waals surface area contributed by atoms with Crippen LogP contribution in [0.5, 0.6) is 0 Å². The van der Waals surface area contributed by atoms with E-state index in [1.807, 2.05) is 6.92 Å². The first-order valence-electron chi connectivity index (χ1n) is 33.7. The number of nitrogens with two attached hydrogens (primary N) is 3. The third-order valence-electron chi connectivity index (χ3n) is 20.7. The number of guanidine groups is 1. The number of methoxy groups -OCH3 is 2. The minimum atomic E-state index is -2.26. The number of aliphatic imine (C=N–C) groups is 1. The number of fused-ring (bicyclic) bond motifs is 1. The first-order valence-corrected chi connectivity index (χ1v) is 36.2. The van der Waals surface area contributed by atoms with E-state index in [1.54, 1.807) is 99.6 Å². The number of aliphatic hydroxyl groups is 1. The minimum Gasteiger partial charge on any atom is -0.481 e. The van der Waals surface area contributed by atoms with Crippen LogP contribution in [0, 0.1) is 16.2 Å². The van der Waals surface area contributed by atoms with E-state index in [9.17, 15) is 53.4 Å². The van der Waals surface area contributed by atoms with Crippen molar-refractivity contribution in [2.24, 2.45) is 38.4 Å². The SMILES string of the molecule is CCCCN(CCSSCC1NC(=O)C(Cc2ccccc2)NC(=O)C(CC(=O)O)NC(=O)CNC(=O)C(CCCN=C(N)N)NC1=O)C(=O)OC(C(=O)OC1CC2(O)C(OC(=O)c3ccccc3)C34C5(OC(C)=O)COC5CC(OC)C3(C)C(=O)C(OC)C(=C1C)C24C)C(N)c1ccccc1. The normalized spacial score (nSPS) is 30.4. The smallest absolute Gasteiger partial charge is 0.410 e. The van der Waals surface area contributed by atoms with Gasteiger partial charge in [-0.05, 0) is 67.5 Å². The summed E-state index contributed by atoms with van der Waals surface area (Å²) in [6.45, 7) is 7.24. The quantitative estimate of drug-likeness (QED) is 0.00990. The Hall–Kier alpha value is -8.66. The fourth-order valence-electron chi connectivity index (χ4n) is 16.0. The van der Waals surface area contributed by atoms with Gasteiger partial charge >= 0.3 is 30.0 Å². The van der Waals surface area contributed by atoms with Crippen molar-refractivity contribution in [3.63, 3.8) is 0 Å². The standard InChI is InChI=1S/C70H90N10O20S2/c1-8-9-28-80(29-30-101-102-36-46-60(89)77-43(26-19-27-74-64(72)73)57(86)75-35-50(82)76-45(32-51(83)84)59(88)78-44(58(87)79-46)31-40-20-13-10-14-21-40)65(92)98-55(53(71)41-22-15-11-16-23-41)62(91)97-47-34-68(93)63(99-61(90)42-24-17-12-18-25-42)70-66(4,56(85)54(95-7)52(38(47)2)67(68,70)5)48(94-6)33-49-69(70,37-96-49)100-39(3)81/h10-18,20-25,43-49,53-55,63,93H,8-9,19,26-37,71H2,1-7H3,(H,75,86)(H,76,82)(H,77,89)(H,78,88)(H,79,87)(H,83,84)(H4,72,73,74). The van der Waals surface area contributed by atoms with Crippen molar-refractivity contribution in [3.05, 3.63) is 119 Å². The van der Waals surface area contributed by atoms with Gasteiger partial charge in [0.05, 0.1) is 48.1 Å². The van der Waals surface area contributed by atoms with Crippen LogP contribution in [0.25, 0.3) is 0 Å². The molecule has 16 unspecified atom stereocenters. The molecule has 0 bridgehead atoms. The largest absolute Gasteiger partial charge is 0.481 e. The summed E-state index contributed by atoms with van der Waals surface area (Å²) >= 11 is 0. The van der Waals surface area contributed by atoms with E-state index in [2.05, 4.69) is 31.6 Å². The maximum atomic E-state index is 15.9. The van der Waals surface area contributed by atoms with Crippen molar-refractivity contribution in [3.8, 4) is 0 Å². The number of benzene rings is 3. The highest BCUT2D eigenvalue weighted by Crippen LogP contribution is 2.86. The van der Waals surface area contributed by atoms with Gasteiger partial charge in [0, 0.05) is 77.0 Å². The Labute approximate surface area is 597 Å².